The van der Waals surface area contributed by atoms with Gasteiger partial charge in [0.2, 0.25) is 5.91 Å². The largest absolute Gasteiger partial charge is 0.394 e. The number of aliphatic hydroxyl groups excluding tert-OH is 11. The maximum atomic E-state index is 13.3. The van der Waals surface area contributed by atoms with Crippen LogP contribution in [0.15, 0.2) is 24.3 Å². The fraction of sp³-hybridized carbons (Fsp3) is 0.909. The molecule has 17 atom stereocenters. The van der Waals surface area contributed by atoms with Crippen molar-refractivity contribution in [3.8, 4) is 0 Å². The smallest absolute Gasteiger partial charge is 0.220 e. The van der Waals surface area contributed by atoms with Crippen molar-refractivity contribution >= 4 is 5.91 Å². The molecular weight excluding hydrogens is 963 g/mol. The Hall–Kier alpha value is -1.73. The molecule has 0 radical (unpaired) electrons. The Morgan fingerprint density at radius 2 is 0.851 bits per heavy atom. The highest BCUT2D eigenvalue weighted by atomic mass is 16.8. The summed E-state index contributed by atoms with van der Waals surface area (Å²) < 4.78 is 34.2. The van der Waals surface area contributed by atoms with Crippen LogP contribution in [0.2, 0.25) is 0 Å². The van der Waals surface area contributed by atoms with Crippen molar-refractivity contribution in [2.75, 3.05) is 26.4 Å². The molecular formula is C55H101NO18. The fourth-order valence-electron chi connectivity index (χ4n) is 9.71. The van der Waals surface area contributed by atoms with Crippen LogP contribution in [0.3, 0.4) is 0 Å². The molecule has 0 aromatic carbocycles. The van der Waals surface area contributed by atoms with E-state index >= 15 is 0 Å². The number of hydrogen-bond donors (Lipinski definition) is 12. The van der Waals surface area contributed by atoms with E-state index in [9.17, 15) is 61.0 Å². The second-order valence-corrected chi connectivity index (χ2v) is 20.8. The van der Waals surface area contributed by atoms with Crippen LogP contribution in [0.5, 0.6) is 0 Å². The number of nitrogens with one attached hydrogen (secondary N) is 1. The van der Waals surface area contributed by atoms with Gasteiger partial charge in [0.25, 0.3) is 0 Å². The first kappa shape index (κ1) is 66.5. The topological polar surface area (TPSA) is 307 Å². The highest BCUT2D eigenvalue weighted by molar-refractivity contribution is 5.76. The minimum absolute atomic E-state index is 0.234. The molecule has 12 N–H and O–H groups in total. The zero-order valence-electron chi connectivity index (χ0n) is 44.8. The average Bonchev–Trinajstić information content (AvgIpc) is 3.40. The van der Waals surface area contributed by atoms with E-state index in [1.54, 1.807) is 6.08 Å². The van der Waals surface area contributed by atoms with Gasteiger partial charge in [-0.2, -0.15) is 0 Å². The number of hydrogen-bond acceptors (Lipinski definition) is 18. The summed E-state index contributed by atoms with van der Waals surface area (Å²) in [6, 6.07) is -0.973. The van der Waals surface area contributed by atoms with Crippen LogP contribution in [0.4, 0.5) is 0 Å². The van der Waals surface area contributed by atoms with E-state index in [4.69, 9.17) is 28.4 Å². The Labute approximate surface area is 441 Å². The maximum Gasteiger partial charge on any atom is 0.220 e. The standard InChI is InChI=1S/C55H101NO18/c1-3-5-7-9-11-13-15-17-18-19-20-21-22-24-26-28-30-32-39(60)38(56-43(61)33-31-29-27-25-23-16-14-12-10-8-6-4-2)37-69-53-49(67)46(64)51(41(35-58)71-53)74-55-50(68)47(65)52(42(36-59)72-55)73-54-48(66)45(63)44(62)40(34-57)70-54/h12,14,30,32,38-42,44-55,57-60,62-68H,3-11,13,15-29,31,33-37H2,1-2H3,(H,56,61)/b14-12-,32-30+. The number of amides is 1. The van der Waals surface area contributed by atoms with E-state index in [2.05, 4.69) is 31.3 Å². The van der Waals surface area contributed by atoms with Crippen molar-refractivity contribution in [2.24, 2.45) is 0 Å². The number of unbranched alkanes of at least 4 members (excludes halogenated alkanes) is 23. The number of rotatable bonds is 41. The van der Waals surface area contributed by atoms with Gasteiger partial charge in [-0.15, -0.1) is 0 Å². The van der Waals surface area contributed by atoms with Gasteiger partial charge in [0.1, 0.15) is 73.2 Å². The Kier molecular flexibility index (Phi) is 35.6. The number of ether oxygens (including phenoxy) is 6. The van der Waals surface area contributed by atoms with Crippen molar-refractivity contribution in [1.29, 1.82) is 0 Å². The van der Waals surface area contributed by atoms with Crippen LogP contribution in [0.25, 0.3) is 0 Å². The minimum Gasteiger partial charge on any atom is -0.394 e. The lowest BCUT2D eigenvalue weighted by molar-refractivity contribution is -0.379. The van der Waals surface area contributed by atoms with Gasteiger partial charge in [-0.1, -0.05) is 160 Å². The zero-order chi connectivity index (χ0) is 54.1. The lowest BCUT2D eigenvalue weighted by atomic mass is 9.96. The molecule has 1 amide bonds. The van der Waals surface area contributed by atoms with Gasteiger partial charge >= 0.3 is 0 Å². The third-order valence-electron chi connectivity index (χ3n) is 14.5. The molecule has 0 aliphatic carbocycles. The van der Waals surface area contributed by atoms with Gasteiger partial charge in [0, 0.05) is 6.42 Å². The minimum atomic E-state index is -1.98. The molecule has 3 fully saturated rings. The molecule has 74 heavy (non-hydrogen) atoms. The number of carbonyl (C=O) groups excluding carboxylic acids is 1. The van der Waals surface area contributed by atoms with Crippen LogP contribution in [0, 0.1) is 0 Å². The Balaban J connectivity index is 1.53. The van der Waals surface area contributed by atoms with Crippen molar-refractivity contribution in [2.45, 2.75) is 291 Å². The average molecular weight is 1060 g/mol. The third-order valence-corrected chi connectivity index (χ3v) is 14.5. The molecule has 3 aliphatic heterocycles. The van der Waals surface area contributed by atoms with Crippen molar-refractivity contribution in [3.05, 3.63) is 24.3 Å². The van der Waals surface area contributed by atoms with Gasteiger partial charge in [0.15, 0.2) is 18.9 Å². The number of allylic oxidation sites excluding steroid dienone is 3. The second kappa shape index (κ2) is 39.6. The highest BCUT2D eigenvalue weighted by Gasteiger charge is 2.53. The monoisotopic (exact) mass is 1060 g/mol. The molecule has 0 saturated carbocycles. The Morgan fingerprint density at radius 1 is 0.473 bits per heavy atom. The van der Waals surface area contributed by atoms with Crippen LogP contribution in [-0.4, -0.2) is 193 Å². The summed E-state index contributed by atoms with van der Waals surface area (Å²) in [7, 11) is 0. The molecule has 3 rings (SSSR count). The first-order chi connectivity index (χ1) is 35.8. The van der Waals surface area contributed by atoms with E-state index < -0.39 is 124 Å². The van der Waals surface area contributed by atoms with Gasteiger partial charge < -0.3 is 89.9 Å². The fourth-order valence-corrected chi connectivity index (χ4v) is 9.71. The molecule has 19 heteroatoms. The Morgan fingerprint density at radius 3 is 1.34 bits per heavy atom. The summed E-state index contributed by atoms with van der Waals surface area (Å²) in [4.78, 5) is 13.3. The van der Waals surface area contributed by atoms with E-state index in [1.807, 2.05) is 6.08 Å². The predicted octanol–water partition coefficient (Wildman–Crippen LogP) is 3.98. The van der Waals surface area contributed by atoms with E-state index in [0.717, 1.165) is 64.2 Å². The summed E-state index contributed by atoms with van der Waals surface area (Å²) in [5.41, 5.74) is 0. The highest BCUT2D eigenvalue weighted by Crippen LogP contribution is 2.33. The summed E-state index contributed by atoms with van der Waals surface area (Å²) in [5, 5.41) is 120. The van der Waals surface area contributed by atoms with E-state index in [1.165, 1.54) is 96.3 Å². The van der Waals surface area contributed by atoms with E-state index in [-0.39, 0.29) is 18.9 Å². The van der Waals surface area contributed by atoms with Crippen LogP contribution in [0.1, 0.15) is 187 Å². The van der Waals surface area contributed by atoms with Crippen molar-refractivity contribution in [1.82, 2.24) is 5.32 Å². The molecule has 434 valence electrons. The van der Waals surface area contributed by atoms with E-state index in [0.29, 0.717) is 6.42 Å². The zero-order valence-corrected chi connectivity index (χ0v) is 44.8. The number of carbonyl (C=O) groups is 1. The van der Waals surface area contributed by atoms with Gasteiger partial charge in [-0.05, 0) is 44.9 Å². The van der Waals surface area contributed by atoms with Gasteiger partial charge in [-0.3, -0.25) is 4.79 Å². The normalized spacial score (nSPS) is 31.6. The summed E-state index contributed by atoms with van der Waals surface area (Å²) in [5.74, 6) is -0.287. The third kappa shape index (κ3) is 24.1. The van der Waals surface area contributed by atoms with Crippen molar-refractivity contribution in [3.63, 3.8) is 0 Å². The molecule has 19 nitrogen and oxygen atoms in total. The quantitative estimate of drug-likeness (QED) is 0.0304. The summed E-state index contributed by atoms with van der Waals surface area (Å²) >= 11 is 0. The molecule has 3 heterocycles. The summed E-state index contributed by atoms with van der Waals surface area (Å²) in [6.45, 7) is 1.67. The molecule has 3 saturated heterocycles. The van der Waals surface area contributed by atoms with Gasteiger partial charge in [-0.25, -0.2) is 0 Å². The number of aliphatic hydroxyl groups is 11. The molecule has 0 aromatic rings. The molecule has 3 aliphatic rings. The second-order valence-electron chi connectivity index (χ2n) is 20.8. The maximum absolute atomic E-state index is 13.3. The lowest BCUT2D eigenvalue weighted by Crippen LogP contribution is -2.66. The SMILES string of the molecule is CCCCC/C=C\CCCCCCCC(=O)NC(COC1OC(CO)C(OC2OC(CO)C(OC3OC(CO)C(O)C(O)C3O)C(O)C2O)C(O)C1O)C(O)/C=C/CCCCCCCCCCCCCCCCC. The molecule has 17 unspecified atom stereocenters. The molecule has 0 aromatic heterocycles. The molecule has 0 spiro atoms. The lowest BCUT2D eigenvalue weighted by Gasteiger charge is -2.48. The van der Waals surface area contributed by atoms with Gasteiger partial charge in [0.05, 0.1) is 38.6 Å². The van der Waals surface area contributed by atoms with Crippen LogP contribution in [-0.2, 0) is 33.2 Å². The Bertz CT molecular complexity index is 1460. The predicted molar refractivity (Wildman–Crippen MR) is 277 cm³/mol. The first-order valence-electron chi connectivity index (χ1n) is 28.6. The van der Waals surface area contributed by atoms with Crippen LogP contribution >= 0.6 is 0 Å². The first-order valence-corrected chi connectivity index (χ1v) is 28.6. The molecule has 0 bridgehead atoms. The summed E-state index contributed by atoms with van der Waals surface area (Å²) in [6.07, 6.45) is 11.7. The van der Waals surface area contributed by atoms with Crippen molar-refractivity contribution < 1.29 is 89.4 Å². The van der Waals surface area contributed by atoms with Crippen LogP contribution < -0.4 is 5.32 Å².